The number of aromatic nitrogens is 4. The third-order valence-electron chi connectivity index (χ3n) is 5.05. The number of H-pyrrole nitrogens is 1. The Morgan fingerprint density at radius 1 is 1.07 bits per heavy atom. The molecule has 1 aromatic heterocycles. The second kappa shape index (κ2) is 7.46. The molecule has 0 atom stereocenters. The summed E-state index contributed by atoms with van der Waals surface area (Å²) >= 11 is 0. The summed E-state index contributed by atoms with van der Waals surface area (Å²) in [4.78, 5) is 26.8. The van der Waals surface area contributed by atoms with Crippen molar-refractivity contribution in [2.24, 2.45) is 0 Å². The first-order valence-electron chi connectivity index (χ1n) is 8.82. The first-order valence-corrected chi connectivity index (χ1v) is 8.82. The predicted molar refractivity (Wildman–Crippen MR) is 104 cm³/mol. The number of nitrogens with one attached hydrogen (secondary N) is 2. The molecule has 8 nitrogen and oxygen atoms in total. The van der Waals surface area contributed by atoms with Crippen LogP contribution in [0.3, 0.4) is 0 Å². The van der Waals surface area contributed by atoms with Gasteiger partial charge in [-0.05, 0) is 59.0 Å². The molecule has 2 aliphatic rings. The number of aryl methyl sites for hydroxylation is 1. The van der Waals surface area contributed by atoms with Crippen LogP contribution in [0.5, 0.6) is 0 Å². The number of hydrogen-bond acceptors (Lipinski definition) is 5. The van der Waals surface area contributed by atoms with Gasteiger partial charge in [-0.1, -0.05) is 18.2 Å². The number of nitrogens with zero attached hydrogens (tertiary/aromatic N) is 4. The third-order valence-corrected chi connectivity index (χ3v) is 5.05. The summed E-state index contributed by atoms with van der Waals surface area (Å²) < 4.78 is 0. The Kier molecular flexibility index (Phi) is 5.01. The molecule has 9 heteroatoms. The van der Waals surface area contributed by atoms with Crippen molar-refractivity contribution in [3.63, 3.8) is 0 Å². The average molecular weight is 383 g/mol. The van der Waals surface area contributed by atoms with Gasteiger partial charge in [-0.25, -0.2) is 5.10 Å². The van der Waals surface area contributed by atoms with Crippen LogP contribution in [-0.2, 0) is 22.4 Å². The van der Waals surface area contributed by atoms with Gasteiger partial charge in [0, 0.05) is 40.8 Å². The van der Waals surface area contributed by atoms with E-state index in [4.69, 9.17) is 0 Å². The molecule has 1 aliphatic heterocycles. The van der Waals surface area contributed by atoms with Crippen LogP contribution >= 0.6 is 0 Å². The average Bonchev–Trinajstić information content (AvgIpc) is 3.33. The molecular formula is C19H16N6NaO2. The summed E-state index contributed by atoms with van der Waals surface area (Å²) in [6, 6.07) is 11.4. The van der Waals surface area contributed by atoms with Gasteiger partial charge in [0.05, 0.1) is 11.4 Å². The quantitative estimate of drug-likeness (QED) is 0.520. The maximum atomic E-state index is 12.9. The summed E-state index contributed by atoms with van der Waals surface area (Å²) in [5.74, 6) is -0.0285. The zero-order valence-corrected chi connectivity index (χ0v) is 17.4. The van der Waals surface area contributed by atoms with Gasteiger partial charge >= 0.3 is 0 Å². The number of tetrazole rings is 1. The summed E-state index contributed by atoms with van der Waals surface area (Å²) in [5, 5.41) is 16.8. The fraction of sp³-hybridized carbons (Fsp3) is 0.211. The number of rotatable bonds is 2. The van der Waals surface area contributed by atoms with E-state index in [1.807, 2.05) is 30.3 Å². The van der Waals surface area contributed by atoms with E-state index in [-0.39, 0.29) is 47.8 Å². The van der Waals surface area contributed by atoms with Crippen molar-refractivity contribution in [2.75, 3.05) is 10.2 Å². The van der Waals surface area contributed by atoms with Crippen molar-refractivity contribution in [3.8, 4) is 11.4 Å². The number of amides is 2. The molecule has 2 amide bonds. The number of benzene rings is 2. The smallest absolute Gasteiger partial charge is 0.241 e. The van der Waals surface area contributed by atoms with E-state index in [9.17, 15) is 9.59 Å². The van der Waals surface area contributed by atoms with Gasteiger partial charge in [-0.2, -0.15) is 0 Å². The van der Waals surface area contributed by atoms with E-state index in [1.165, 1.54) is 5.56 Å². The molecular weight excluding hydrogens is 367 g/mol. The Morgan fingerprint density at radius 3 is 2.79 bits per heavy atom. The summed E-state index contributed by atoms with van der Waals surface area (Å²) in [7, 11) is 0. The molecule has 28 heavy (non-hydrogen) atoms. The molecule has 0 saturated carbocycles. The van der Waals surface area contributed by atoms with Crippen LogP contribution in [-0.4, -0.2) is 62.0 Å². The van der Waals surface area contributed by atoms with Gasteiger partial charge in [-0.3, -0.25) is 14.5 Å². The number of hydrogen-bond donors (Lipinski definition) is 2. The number of carbonyl (C=O) groups is 2. The predicted octanol–water partition coefficient (Wildman–Crippen LogP) is 1.98. The van der Waals surface area contributed by atoms with Gasteiger partial charge in [0.2, 0.25) is 11.8 Å². The van der Waals surface area contributed by atoms with Crippen LogP contribution < -0.4 is 10.2 Å². The minimum atomic E-state index is -0.278. The Morgan fingerprint density at radius 2 is 1.96 bits per heavy atom. The van der Waals surface area contributed by atoms with Crippen LogP contribution in [0, 0.1) is 0 Å². The van der Waals surface area contributed by atoms with Crippen molar-refractivity contribution in [3.05, 3.63) is 47.5 Å². The number of carbonyl (C=O) groups excluding carboxylic acids is 2. The van der Waals surface area contributed by atoms with E-state index in [1.54, 1.807) is 4.90 Å². The Bertz CT molecular complexity index is 1070. The Balaban J connectivity index is 0.00000192. The third kappa shape index (κ3) is 3.13. The molecule has 3 aromatic rings. The summed E-state index contributed by atoms with van der Waals surface area (Å²) in [6.07, 6.45) is 2.77. The van der Waals surface area contributed by atoms with Crippen LogP contribution in [0.25, 0.3) is 11.4 Å². The zero-order chi connectivity index (χ0) is 18.4. The number of fused-ring (bicyclic) bond motifs is 3. The largest absolute Gasteiger partial charge is 0.324 e. The molecule has 0 unspecified atom stereocenters. The number of anilines is 3. The monoisotopic (exact) mass is 383 g/mol. The van der Waals surface area contributed by atoms with Crippen molar-refractivity contribution >= 4 is 58.4 Å². The fourth-order valence-electron chi connectivity index (χ4n) is 3.87. The van der Waals surface area contributed by atoms with Gasteiger partial charge in [-0.15, -0.1) is 5.10 Å². The second-order valence-electron chi connectivity index (χ2n) is 6.71. The summed E-state index contributed by atoms with van der Waals surface area (Å²) in [6.45, 7) is 0. The first-order chi connectivity index (χ1) is 13.2. The van der Waals surface area contributed by atoms with E-state index < -0.39 is 0 Å². The number of aromatic amines is 1. The molecule has 0 saturated heterocycles. The van der Waals surface area contributed by atoms with Gasteiger partial charge in [0.25, 0.3) is 0 Å². The van der Waals surface area contributed by atoms with Crippen molar-refractivity contribution in [1.82, 2.24) is 20.6 Å². The maximum Gasteiger partial charge on any atom is 0.241 e. The molecule has 0 bridgehead atoms. The van der Waals surface area contributed by atoms with Crippen molar-refractivity contribution < 1.29 is 9.59 Å². The zero-order valence-electron chi connectivity index (χ0n) is 15.4. The molecule has 2 heterocycles. The van der Waals surface area contributed by atoms with Gasteiger partial charge in [0.15, 0.2) is 5.82 Å². The Labute approximate surface area is 183 Å². The molecule has 135 valence electrons. The van der Waals surface area contributed by atoms with Crippen LogP contribution in [0.4, 0.5) is 17.1 Å². The van der Waals surface area contributed by atoms with Gasteiger partial charge < -0.3 is 5.32 Å². The molecule has 1 radical (unpaired) electrons. The second-order valence-corrected chi connectivity index (χ2v) is 6.71. The maximum absolute atomic E-state index is 12.9. The van der Waals surface area contributed by atoms with E-state index in [0.717, 1.165) is 36.1 Å². The minimum Gasteiger partial charge on any atom is -0.324 e. The SMILES string of the molecule is O=C1CC(=O)N(c2cccc(-c3nnn[nH]3)c2)c2ccc3c(c2N1)CCC3.[Na]. The standard InChI is InChI=1S/C19H16N6O2.Na/c26-16-10-17(27)25(13-5-1-4-12(9-13)19-21-23-24-22-19)15-8-7-11-3-2-6-14(11)18(15)20-16;/h1,4-5,7-9H,2-3,6,10H2,(H,20,26)(H,21,22,23,24);. The summed E-state index contributed by atoms with van der Waals surface area (Å²) in [5.41, 5.74) is 5.27. The molecule has 0 spiro atoms. The minimum absolute atomic E-state index is 0. The molecule has 0 fully saturated rings. The van der Waals surface area contributed by atoms with Crippen LogP contribution in [0.2, 0.25) is 0 Å². The molecule has 2 aromatic carbocycles. The fourth-order valence-corrected chi connectivity index (χ4v) is 3.87. The molecule has 2 N–H and O–H groups in total. The molecule has 5 rings (SSSR count). The topological polar surface area (TPSA) is 104 Å². The van der Waals surface area contributed by atoms with Crippen LogP contribution in [0.1, 0.15) is 24.0 Å². The van der Waals surface area contributed by atoms with E-state index >= 15 is 0 Å². The molecule has 1 aliphatic carbocycles. The van der Waals surface area contributed by atoms with Crippen molar-refractivity contribution in [1.29, 1.82) is 0 Å². The first kappa shape index (κ1) is 18.8. The van der Waals surface area contributed by atoms with E-state index in [2.05, 4.69) is 32.0 Å². The normalized spacial score (nSPS) is 15.4. The van der Waals surface area contributed by atoms with Crippen LogP contribution in [0.15, 0.2) is 36.4 Å². The van der Waals surface area contributed by atoms with Crippen molar-refractivity contribution in [2.45, 2.75) is 25.7 Å². The van der Waals surface area contributed by atoms with Gasteiger partial charge in [0.1, 0.15) is 6.42 Å². The Hall–Kier alpha value is -2.55. The van der Waals surface area contributed by atoms with E-state index in [0.29, 0.717) is 17.2 Å².